The number of aryl methyl sites for hydroxylation is 1. The van der Waals surface area contributed by atoms with Gasteiger partial charge in [-0.2, -0.15) is 0 Å². The van der Waals surface area contributed by atoms with Gasteiger partial charge in [-0.05, 0) is 25.5 Å². The van der Waals surface area contributed by atoms with E-state index in [0.717, 1.165) is 11.3 Å². The first-order valence-corrected chi connectivity index (χ1v) is 7.70. The number of rotatable bonds is 9. The van der Waals surface area contributed by atoms with E-state index in [1.807, 2.05) is 31.2 Å². The fourth-order valence-corrected chi connectivity index (χ4v) is 1.64. The van der Waals surface area contributed by atoms with Crippen molar-refractivity contribution in [2.24, 2.45) is 0 Å². The molecule has 0 saturated carbocycles. The number of amides is 2. The van der Waals surface area contributed by atoms with Gasteiger partial charge in [-0.15, -0.1) is 0 Å². The van der Waals surface area contributed by atoms with E-state index in [0.29, 0.717) is 13.0 Å². The predicted molar refractivity (Wildman–Crippen MR) is 88.6 cm³/mol. The Morgan fingerprint density at radius 1 is 1.12 bits per heavy atom. The lowest BCUT2D eigenvalue weighted by atomic mass is 10.2. The molecule has 0 aliphatic carbocycles. The van der Waals surface area contributed by atoms with Gasteiger partial charge in [0.1, 0.15) is 5.75 Å². The third kappa shape index (κ3) is 8.17. The molecule has 0 aromatic heterocycles. The Bertz CT molecular complexity index is 555. The summed E-state index contributed by atoms with van der Waals surface area (Å²) in [6.45, 7) is 1.88. The topological polar surface area (TPSA) is 84.9 Å². The maximum atomic E-state index is 11.5. The molecule has 0 heterocycles. The van der Waals surface area contributed by atoms with Gasteiger partial charge in [0.15, 0.2) is 6.61 Å². The molecule has 1 rings (SSSR count). The highest BCUT2D eigenvalue weighted by Gasteiger charge is 2.10. The zero-order chi connectivity index (χ0) is 17.9. The first-order chi connectivity index (χ1) is 11.4. The van der Waals surface area contributed by atoms with Crippen LogP contribution < -0.4 is 10.1 Å². The van der Waals surface area contributed by atoms with Gasteiger partial charge in [-0.1, -0.05) is 17.7 Å². The maximum absolute atomic E-state index is 11.5. The van der Waals surface area contributed by atoms with E-state index < -0.39 is 18.5 Å². The third-order valence-corrected chi connectivity index (χ3v) is 3.11. The molecule has 1 aromatic rings. The molecule has 0 unspecified atom stereocenters. The zero-order valence-corrected chi connectivity index (χ0v) is 14.3. The third-order valence-electron chi connectivity index (χ3n) is 3.11. The number of nitrogens with zero attached hydrogens (tertiary/aromatic N) is 1. The van der Waals surface area contributed by atoms with Crippen LogP contribution in [-0.4, -0.2) is 56.5 Å². The Morgan fingerprint density at radius 3 is 2.42 bits per heavy atom. The smallest absolute Gasteiger partial charge is 0.306 e. The largest absolute Gasteiger partial charge is 0.494 e. The van der Waals surface area contributed by atoms with E-state index in [-0.39, 0.29) is 18.9 Å². The first kappa shape index (κ1) is 19.5. The Morgan fingerprint density at radius 2 is 1.79 bits per heavy atom. The minimum Gasteiger partial charge on any atom is -0.494 e. The fraction of sp³-hybridized carbons (Fsp3) is 0.471. The summed E-state index contributed by atoms with van der Waals surface area (Å²) in [5.41, 5.74) is 1.15. The van der Waals surface area contributed by atoms with Crippen LogP contribution in [0.3, 0.4) is 0 Å². The van der Waals surface area contributed by atoms with Gasteiger partial charge in [0.05, 0.1) is 13.2 Å². The van der Waals surface area contributed by atoms with Gasteiger partial charge in [0.2, 0.25) is 5.91 Å². The highest BCUT2D eigenvalue weighted by atomic mass is 16.5. The molecule has 24 heavy (non-hydrogen) atoms. The van der Waals surface area contributed by atoms with Gasteiger partial charge in [0, 0.05) is 20.5 Å². The van der Waals surface area contributed by atoms with Crippen LogP contribution >= 0.6 is 0 Å². The number of benzene rings is 1. The summed E-state index contributed by atoms with van der Waals surface area (Å²) in [7, 11) is 3.18. The molecule has 7 nitrogen and oxygen atoms in total. The van der Waals surface area contributed by atoms with Crippen molar-refractivity contribution in [2.45, 2.75) is 19.8 Å². The Kier molecular flexibility index (Phi) is 8.32. The van der Waals surface area contributed by atoms with E-state index in [1.165, 1.54) is 4.90 Å². The highest BCUT2D eigenvalue weighted by Crippen LogP contribution is 2.11. The normalized spacial score (nSPS) is 9.96. The SMILES string of the molecule is Cc1ccc(OCCCC(=O)OCC(=O)NCC(=O)N(C)C)cc1. The van der Waals surface area contributed by atoms with Gasteiger partial charge in [-0.3, -0.25) is 14.4 Å². The molecule has 1 aromatic carbocycles. The zero-order valence-electron chi connectivity index (χ0n) is 14.3. The molecule has 0 atom stereocenters. The molecule has 2 amide bonds. The molecule has 0 bridgehead atoms. The van der Waals surface area contributed by atoms with Crippen molar-refractivity contribution < 1.29 is 23.9 Å². The number of hydrogen-bond donors (Lipinski definition) is 1. The summed E-state index contributed by atoms with van der Waals surface area (Å²) in [4.78, 5) is 35.6. The minimum absolute atomic E-state index is 0.117. The van der Waals surface area contributed by atoms with E-state index in [9.17, 15) is 14.4 Å². The maximum Gasteiger partial charge on any atom is 0.306 e. The number of carbonyl (C=O) groups is 3. The monoisotopic (exact) mass is 336 g/mol. The van der Waals surface area contributed by atoms with E-state index in [4.69, 9.17) is 9.47 Å². The van der Waals surface area contributed by atoms with Crippen LogP contribution in [0.1, 0.15) is 18.4 Å². The molecule has 7 heteroatoms. The van der Waals surface area contributed by atoms with Gasteiger partial charge in [0.25, 0.3) is 5.91 Å². The second kappa shape index (κ2) is 10.3. The van der Waals surface area contributed by atoms with Crippen molar-refractivity contribution in [3.05, 3.63) is 29.8 Å². The minimum atomic E-state index is -0.505. The summed E-state index contributed by atoms with van der Waals surface area (Å²) in [6, 6.07) is 7.63. The molecule has 0 aliphatic rings. The fourth-order valence-electron chi connectivity index (χ4n) is 1.64. The average Bonchev–Trinajstić information content (AvgIpc) is 2.56. The molecular weight excluding hydrogens is 312 g/mol. The number of carbonyl (C=O) groups excluding carboxylic acids is 3. The standard InChI is InChI=1S/C17H24N2O5/c1-13-6-8-14(9-7-13)23-10-4-5-17(22)24-12-15(20)18-11-16(21)19(2)3/h6-9H,4-5,10-12H2,1-3H3,(H,18,20). The van der Waals surface area contributed by atoms with Crippen LogP contribution in [0.15, 0.2) is 24.3 Å². The quantitative estimate of drug-likeness (QED) is 0.535. The number of ether oxygens (including phenoxy) is 2. The summed E-state index contributed by atoms with van der Waals surface area (Å²) in [6.07, 6.45) is 0.656. The van der Waals surface area contributed by atoms with Crippen molar-refractivity contribution in [2.75, 3.05) is 33.9 Å². The molecule has 0 spiro atoms. The van der Waals surface area contributed by atoms with Gasteiger partial charge in [-0.25, -0.2) is 0 Å². The van der Waals surface area contributed by atoms with E-state index in [2.05, 4.69) is 5.32 Å². The van der Waals surface area contributed by atoms with Crippen LogP contribution in [0.25, 0.3) is 0 Å². The molecule has 0 fully saturated rings. The Hall–Kier alpha value is -2.57. The lowest BCUT2D eigenvalue weighted by Crippen LogP contribution is -2.38. The summed E-state index contributed by atoms with van der Waals surface area (Å²) >= 11 is 0. The van der Waals surface area contributed by atoms with Crippen molar-refractivity contribution in [3.8, 4) is 5.75 Å². The number of hydrogen-bond acceptors (Lipinski definition) is 5. The van der Waals surface area contributed by atoms with E-state index >= 15 is 0 Å². The highest BCUT2D eigenvalue weighted by molar-refractivity contribution is 5.86. The van der Waals surface area contributed by atoms with Crippen LogP contribution in [0, 0.1) is 6.92 Å². The second-order valence-electron chi connectivity index (χ2n) is 5.49. The van der Waals surface area contributed by atoms with Crippen molar-refractivity contribution >= 4 is 17.8 Å². The van der Waals surface area contributed by atoms with Gasteiger partial charge < -0.3 is 19.7 Å². The van der Waals surface area contributed by atoms with Crippen LogP contribution in [0.2, 0.25) is 0 Å². The Balaban J connectivity index is 2.10. The second-order valence-corrected chi connectivity index (χ2v) is 5.49. The van der Waals surface area contributed by atoms with Crippen LogP contribution in [-0.2, 0) is 19.1 Å². The van der Waals surface area contributed by atoms with Crippen LogP contribution in [0.5, 0.6) is 5.75 Å². The van der Waals surface area contributed by atoms with E-state index in [1.54, 1.807) is 14.1 Å². The van der Waals surface area contributed by atoms with Crippen LogP contribution in [0.4, 0.5) is 0 Å². The van der Waals surface area contributed by atoms with Crippen molar-refractivity contribution in [3.63, 3.8) is 0 Å². The Labute approximate surface area is 141 Å². The summed E-state index contributed by atoms with van der Waals surface area (Å²) in [5.74, 6) is -0.465. The summed E-state index contributed by atoms with van der Waals surface area (Å²) < 4.78 is 10.3. The molecule has 0 radical (unpaired) electrons. The molecule has 132 valence electrons. The molecule has 0 aliphatic heterocycles. The average molecular weight is 336 g/mol. The van der Waals surface area contributed by atoms with Gasteiger partial charge >= 0.3 is 5.97 Å². The number of esters is 1. The lowest BCUT2D eigenvalue weighted by molar-refractivity contribution is -0.148. The molecule has 0 saturated heterocycles. The lowest BCUT2D eigenvalue weighted by Gasteiger charge is -2.11. The number of likely N-dealkylation sites (N-methyl/N-ethyl adjacent to an activating group) is 1. The summed E-state index contributed by atoms with van der Waals surface area (Å²) in [5, 5.41) is 2.38. The number of nitrogens with one attached hydrogen (secondary N) is 1. The van der Waals surface area contributed by atoms with Crippen molar-refractivity contribution in [1.29, 1.82) is 0 Å². The first-order valence-electron chi connectivity index (χ1n) is 7.70. The van der Waals surface area contributed by atoms with Crippen molar-refractivity contribution in [1.82, 2.24) is 10.2 Å². The molecular formula is C17H24N2O5. The molecule has 1 N–H and O–H groups in total. The predicted octanol–water partition coefficient (Wildman–Crippen LogP) is 0.902.